The average Bonchev–Trinajstić information content (AvgIpc) is 2.68. The molecule has 18 heavy (non-hydrogen) atoms. The maximum absolute atomic E-state index is 6.27. The van der Waals surface area contributed by atoms with Gasteiger partial charge in [0.2, 0.25) is 0 Å². The van der Waals surface area contributed by atoms with E-state index < -0.39 is 0 Å². The molecule has 1 aliphatic heterocycles. The van der Waals surface area contributed by atoms with Crippen LogP contribution in [0.3, 0.4) is 0 Å². The lowest BCUT2D eigenvalue weighted by Gasteiger charge is -2.53. The molecule has 3 heteroatoms. The van der Waals surface area contributed by atoms with Crippen molar-refractivity contribution in [3.63, 3.8) is 0 Å². The summed E-state index contributed by atoms with van der Waals surface area (Å²) in [5.74, 6) is 0.705. The Morgan fingerprint density at radius 2 is 1.83 bits per heavy atom. The average molecular weight is 254 g/mol. The third-order valence-electron chi connectivity index (χ3n) is 5.39. The Morgan fingerprint density at radius 1 is 1.17 bits per heavy atom. The van der Waals surface area contributed by atoms with Gasteiger partial charge in [-0.2, -0.15) is 0 Å². The highest BCUT2D eigenvalue weighted by atomic mass is 16.5. The minimum Gasteiger partial charge on any atom is -0.381 e. The van der Waals surface area contributed by atoms with Crippen molar-refractivity contribution < 1.29 is 4.74 Å². The molecule has 0 aromatic carbocycles. The van der Waals surface area contributed by atoms with E-state index in [1.807, 2.05) is 0 Å². The third-order valence-corrected chi connectivity index (χ3v) is 5.39. The monoisotopic (exact) mass is 254 g/mol. The van der Waals surface area contributed by atoms with Gasteiger partial charge in [-0.3, -0.25) is 4.90 Å². The predicted octanol–water partition coefficient (Wildman–Crippen LogP) is 2.25. The molecular formula is C15H30N2O. The van der Waals surface area contributed by atoms with Crippen LogP contribution in [0.4, 0.5) is 0 Å². The molecule has 3 nitrogen and oxygen atoms in total. The molecule has 1 unspecified atom stereocenters. The number of rotatable bonds is 4. The molecule has 1 aliphatic carbocycles. The van der Waals surface area contributed by atoms with Crippen LogP contribution in [-0.4, -0.2) is 43.8 Å². The minimum absolute atomic E-state index is 0.223. The van der Waals surface area contributed by atoms with Gasteiger partial charge in [0.25, 0.3) is 0 Å². The zero-order chi connectivity index (χ0) is 13.2. The van der Waals surface area contributed by atoms with E-state index in [9.17, 15) is 0 Å². The fourth-order valence-electron chi connectivity index (χ4n) is 4.49. The SMILES string of the molecule is CC(C)CN(C)C1(CN)CCCC12CCOCC2. The van der Waals surface area contributed by atoms with E-state index >= 15 is 0 Å². The first-order valence-electron chi connectivity index (χ1n) is 7.55. The van der Waals surface area contributed by atoms with Gasteiger partial charge in [0.15, 0.2) is 0 Å². The van der Waals surface area contributed by atoms with Crippen molar-refractivity contribution in [1.29, 1.82) is 0 Å². The third kappa shape index (κ3) is 2.21. The summed E-state index contributed by atoms with van der Waals surface area (Å²) in [6.45, 7) is 8.41. The van der Waals surface area contributed by atoms with Gasteiger partial charge in [0, 0.05) is 31.8 Å². The lowest BCUT2D eigenvalue weighted by molar-refractivity contribution is -0.0702. The zero-order valence-electron chi connectivity index (χ0n) is 12.4. The van der Waals surface area contributed by atoms with Crippen molar-refractivity contribution in [2.24, 2.45) is 17.1 Å². The molecule has 0 radical (unpaired) electrons. The number of hydrogen-bond acceptors (Lipinski definition) is 3. The van der Waals surface area contributed by atoms with Gasteiger partial charge in [-0.15, -0.1) is 0 Å². The highest BCUT2D eigenvalue weighted by Crippen LogP contribution is 2.54. The maximum atomic E-state index is 6.27. The van der Waals surface area contributed by atoms with Gasteiger partial charge in [0.1, 0.15) is 0 Å². The van der Waals surface area contributed by atoms with E-state index in [1.54, 1.807) is 0 Å². The Hall–Kier alpha value is -0.120. The Kier molecular flexibility index (Phi) is 4.35. The highest BCUT2D eigenvalue weighted by Gasteiger charge is 2.56. The van der Waals surface area contributed by atoms with Crippen LogP contribution in [-0.2, 0) is 4.74 Å². The Labute approximate surface area is 112 Å². The summed E-state index contributed by atoms with van der Waals surface area (Å²) in [5, 5.41) is 0. The smallest absolute Gasteiger partial charge is 0.0472 e. The summed E-state index contributed by atoms with van der Waals surface area (Å²) in [7, 11) is 2.29. The van der Waals surface area contributed by atoms with E-state index in [1.165, 1.54) is 32.1 Å². The van der Waals surface area contributed by atoms with E-state index in [0.29, 0.717) is 11.3 Å². The summed E-state index contributed by atoms with van der Waals surface area (Å²) in [5.41, 5.74) is 6.91. The van der Waals surface area contributed by atoms with Crippen molar-refractivity contribution in [3.8, 4) is 0 Å². The van der Waals surface area contributed by atoms with E-state index in [0.717, 1.165) is 26.3 Å². The van der Waals surface area contributed by atoms with Crippen LogP contribution >= 0.6 is 0 Å². The van der Waals surface area contributed by atoms with Crippen molar-refractivity contribution in [3.05, 3.63) is 0 Å². The Balaban J connectivity index is 2.22. The highest BCUT2D eigenvalue weighted by molar-refractivity contribution is 5.11. The zero-order valence-corrected chi connectivity index (χ0v) is 12.4. The summed E-state index contributed by atoms with van der Waals surface area (Å²) in [4.78, 5) is 2.58. The first-order valence-corrected chi connectivity index (χ1v) is 7.55. The molecule has 1 saturated heterocycles. The first-order chi connectivity index (χ1) is 8.56. The van der Waals surface area contributed by atoms with Gasteiger partial charge in [0.05, 0.1) is 0 Å². The van der Waals surface area contributed by atoms with Crippen LogP contribution in [0.5, 0.6) is 0 Å². The molecule has 2 rings (SSSR count). The first kappa shape index (κ1) is 14.3. The van der Waals surface area contributed by atoms with E-state index in [2.05, 4.69) is 25.8 Å². The largest absolute Gasteiger partial charge is 0.381 e. The second-order valence-corrected chi connectivity index (χ2v) is 6.76. The van der Waals surface area contributed by atoms with E-state index in [-0.39, 0.29) is 5.54 Å². The number of nitrogens with zero attached hydrogens (tertiary/aromatic N) is 1. The molecule has 1 saturated carbocycles. The lowest BCUT2D eigenvalue weighted by Crippen LogP contribution is -2.62. The van der Waals surface area contributed by atoms with Crippen LogP contribution < -0.4 is 5.73 Å². The number of nitrogens with two attached hydrogens (primary N) is 1. The molecule has 1 heterocycles. The van der Waals surface area contributed by atoms with Crippen molar-refractivity contribution >= 4 is 0 Å². The van der Waals surface area contributed by atoms with Gasteiger partial charge in [-0.1, -0.05) is 20.3 Å². The van der Waals surface area contributed by atoms with Crippen molar-refractivity contribution in [1.82, 2.24) is 4.90 Å². The van der Waals surface area contributed by atoms with Gasteiger partial charge in [-0.25, -0.2) is 0 Å². The maximum Gasteiger partial charge on any atom is 0.0472 e. The van der Waals surface area contributed by atoms with E-state index in [4.69, 9.17) is 10.5 Å². The van der Waals surface area contributed by atoms with Gasteiger partial charge in [-0.05, 0) is 44.1 Å². The quantitative estimate of drug-likeness (QED) is 0.836. The number of likely N-dealkylation sites (N-methyl/N-ethyl adjacent to an activating group) is 1. The Bertz CT molecular complexity index is 274. The summed E-state index contributed by atoms with van der Waals surface area (Å²) in [6.07, 6.45) is 6.35. The second kappa shape index (κ2) is 5.48. The summed E-state index contributed by atoms with van der Waals surface area (Å²) >= 11 is 0. The molecule has 2 N–H and O–H groups in total. The van der Waals surface area contributed by atoms with Crippen LogP contribution in [0.25, 0.3) is 0 Å². The van der Waals surface area contributed by atoms with Gasteiger partial charge < -0.3 is 10.5 Å². The summed E-state index contributed by atoms with van der Waals surface area (Å²) in [6, 6.07) is 0. The van der Waals surface area contributed by atoms with Gasteiger partial charge >= 0.3 is 0 Å². The topological polar surface area (TPSA) is 38.5 Å². The molecule has 2 fully saturated rings. The fraction of sp³-hybridized carbons (Fsp3) is 1.00. The normalized spacial score (nSPS) is 31.7. The summed E-state index contributed by atoms with van der Waals surface area (Å²) < 4.78 is 5.60. The molecule has 0 aromatic rings. The van der Waals surface area contributed by atoms with Crippen LogP contribution in [0.1, 0.15) is 46.0 Å². The standard InChI is InChI=1S/C15H30N2O/c1-13(2)11-17(3)15(12-16)6-4-5-14(15)7-9-18-10-8-14/h13H,4-12,16H2,1-3H3. The molecule has 0 aromatic heterocycles. The Morgan fingerprint density at radius 3 is 2.39 bits per heavy atom. The van der Waals surface area contributed by atoms with Crippen LogP contribution in [0, 0.1) is 11.3 Å². The van der Waals surface area contributed by atoms with Crippen molar-refractivity contribution in [2.45, 2.75) is 51.5 Å². The predicted molar refractivity (Wildman–Crippen MR) is 75.6 cm³/mol. The molecule has 106 valence electrons. The minimum atomic E-state index is 0.223. The fourth-order valence-corrected chi connectivity index (χ4v) is 4.49. The molecule has 0 bridgehead atoms. The van der Waals surface area contributed by atoms with Crippen LogP contribution in [0.2, 0.25) is 0 Å². The van der Waals surface area contributed by atoms with Crippen molar-refractivity contribution in [2.75, 3.05) is 33.4 Å². The van der Waals surface area contributed by atoms with Crippen LogP contribution in [0.15, 0.2) is 0 Å². The molecular weight excluding hydrogens is 224 g/mol. The number of ether oxygens (including phenoxy) is 1. The molecule has 1 atom stereocenters. The second-order valence-electron chi connectivity index (χ2n) is 6.76. The molecule has 1 spiro atoms. The number of hydrogen-bond donors (Lipinski definition) is 1. The lowest BCUT2D eigenvalue weighted by atomic mass is 9.66. The molecule has 2 aliphatic rings. The molecule has 0 amide bonds.